The highest BCUT2D eigenvalue weighted by Crippen LogP contribution is 2.59. The number of carbonyl (C=O) groups is 1. The zero-order chi connectivity index (χ0) is 30.0. The van der Waals surface area contributed by atoms with E-state index in [4.69, 9.17) is 9.97 Å². The SMILES string of the molecule is Cc1cccc(N2Cc3cnc(Nc4ccc(N5CCN(C)CC5)cc4)nc3N(C34CC5CC(CC(C5)C3)C4)C2=O)c1C#N. The fourth-order valence-corrected chi connectivity index (χ4v) is 9.14. The maximum atomic E-state index is 14.7. The first-order valence-electron chi connectivity index (χ1n) is 16.2. The number of fused-ring (bicyclic) bond motifs is 1. The third kappa shape index (κ3) is 4.58. The van der Waals surface area contributed by atoms with E-state index in [2.05, 4.69) is 52.5 Å². The Bertz CT molecular complexity index is 1600. The number of aromatic nitrogens is 2. The molecule has 0 unspecified atom stereocenters. The molecule has 2 aliphatic heterocycles. The Kier molecular flexibility index (Phi) is 6.53. The number of likely N-dealkylation sites (N-methyl/N-ethyl adjacent to an activating group) is 1. The van der Waals surface area contributed by atoms with Crippen LogP contribution in [0.5, 0.6) is 0 Å². The normalized spacial score (nSPS) is 27.8. The number of carbonyl (C=O) groups excluding carboxylic acids is 1. The van der Waals surface area contributed by atoms with E-state index in [1.807, 2.05) is 36.2 Å². The Morgan fingerprint density at radius 2 is 1.64 bits per heavy atom. The molecule has 9 heteroatoms. The molecule has 9 rings (SSSR count). The number of urea groups is 1. The summed E-state index contributed by atoms with van der Waals surface area (Å²) in [6.45, 7) is 6.47. The molecule has 4 bridgehead atoms. The predicted molar refractivity (Wildman–Crippen MR) is 172 cm³/mol. The summed E-state index contributed by atoms with van der Waals surface area (Å²) in [5, 5.41) is 13.5. The number of nitrogens with zero attached hydrogens (tertiary/aromatic N) is 7. The first-order valence-corrected chi connectivity index (χ1v) is 16.2. The minimum absolute atomic E-state index is 0.0669. The van der Waals surface area contributed by atoms with E-state index in [1.165, 1.54) is 24.9 Å². The fraction of sp³-hybridized carbons (Fsp3) is 0.486. The molecule has 5 fully saturated rings. The monoisotopic (exact) mass is 588 g/mol. The molecule has 0 atom stereocenters. The van der Waals surface area contributed by atoms with Gasteiger partial charge in [0.15, 0.2) is 0 Å². The Morgan fingerprint density at radius 1 is 0.955 bits per heavy atom. The lowest BCUT2D eigenvalue weighted by atomic mass is 9.52. The van der Waals surface area contributed by atoms with Gasteiger partial charge in [-0.2, -0.15) is 10.2 Å². The number of nitriles is 1. The number of aryl methyl sites for hydroxylation is 1. The molecule has 3 heterocycles. The van der Waals surface area contributed by atoms with Crippen LogP contribution in [0.25, 0.3) is 0 Å². The van der Waals surface area contributed by atoms with Crippen molar-refractivity contribution < 1.29 is 4.79 Å². The molecule has 2 aromatic carbocycles. The third-order valence-corrected chi connectivity index (χ3v) is 10.9. The van der Waals surface area contributed by atoms with Gasteiger partial charge in [0.1, 0.15) is 11.9 Å². The number of amides is 2. The van der Waals surface area contributed by atoms with Crippen molar-refractivity contribution in [2.24, 2.45) is 17.8 Å². The lowest BCUT2D eigenvalue weighted by Gasteiger charge is -2.61. The van der Waals surface area contributed by atoms with Gasteiger partial charge in [-0.15, -0.1) is 0 Å². The van der Waals surface area contributed by atoms with Gasteiger partial charge in [-0.05, 0) is 106 Å². The lowest BCUT2D eigenvalue weighted by Crippen LogP contribution is -2.65. The Morgan fingerprint density at radius 3 is 2.30 bits per heavy atom. The van der Waals surface area contributed by atoms with Crippen LogP contribution in [0.2, 0.25) is 0 Å². The average Bonchev–Trinajstić information content (AvgIpc) is 3.01. The Balaban J connectivity index is 1.14. The van der Waals surface area contributed by atoms with Gasteiger partial charge in [0.2, 0.25) is 5.95 Å². The van der Waals surface area contributed by atoms with Crippen molar-refractivity contribution >= 4 is 34.9 Å². The van der Waals surface area contributed by atoms with Crippen LogP contribution in [-0.4, -0.2) is 59.7 Å². The van der Waals surface area contributed by atoms with Crippen molar-refractivity contribution in [1.29, 1.82) is 5.26 Å². The topological polar surface area (TPSA) is 91.6 Å². The van der Waals surface area contributed by atoms with E-state index in [9.17, 15) is 10.1 Å². The van der Waals surface area contributed by atoms with E-state index in [0.717, 1.165) is 68.1 Å². The molecular formula is C35H40N8O. The van der Waals surface area contributed by atoms with Crippen LogP contribution in [0, 0.1) is 36.0 Å². The van der Waals surface area contributed by atoms with Gasteiger partial charge in [-0.3, -0.25) is 9.80 Å². The maximum Gasteiger partial charge on any atom is 0.331 e. The highest BCUT2D eigenvalue weighted by atomic mass is 16.2. The average molecular weight is 589 g/mol. The highest BCUT2D eigenvalue weighted by molar-refractivity contribution is 6.07. The molecule has 0 radical (unpaired) electrons. The van der Waals surface area contributed by atoms with Crippen LogP contribution < -0.4 is 20.0 Å². The second-order valence-electron chi connectivity index (χ2n) is 13.9. The zero-order valence-electron chi connectivity index (χ0n) is 25.7. The third-order valence-electron chi connectivity index (χ3n) is 10.9. The molecule has 1 saturated heterocycles. The van der Waals surface area contributed by atoms with Crippen LogP contribution in [0.4, 0.5) is 33.6 Å². The predicted octanol–water partition coefficient (Wildman–Crippen LogP) is 6.07. The van der Waals surface area contributed by atoms with Gasteiger partial charge in [0.25, 0.3) is 0 Å². The number of nitrogens with one attached hydrogen (secondary N) is 1. The summed E-state index contributed by atoms with van der Waals surface area (Å²) in [6, 6.07) is 16.5. The molecule has 6 aliphatic rings. The van der Waals surface area contributed by atoms with Crippen LogP contribution >= 0.6 is 0 Å². The minimum Gasteiger partial charge on any atom is -0.369 e. The molecule has 1 aromatic heterocycles. The number of rotatable bonds is 5. The molecule has 1 N–H and O–H groups in total. The van der Waals surface area contributed by atoms with Crippen molar-refractivity contribution in [3.8, 4) is 6.07 Å². The van der Waals surface area contributed by atoms with E-state index in [1.54, 1.807) is 4.90 Å². The summed E-state index contributed by atoms with van der Waals surface area (Å²) in [6.07, 6.45) is 8.81. The number of piperazine rings is 1. The molecule has 4 saturated carbocycles. The molecule has 0 spiro atoms. The van der Waals surface area contributed by atoms with Gasteiger partial charge in [-0.25, -0.2) is 9.78 Å². The van der Waals surface area contributed by atoms with Crippen molar-refractivity contribution in [2.45, 2.75) is 57.5 Å². The second-order valence-corrected chi connectivity index (χ2v) is 13.9. The second kappa shape index (κ2) is 10.5. The van der Waals surface area contributed by atoms with Crippen LogP contribution in [0.15, 0.2) is 48.7 Å². The summed E-state index contributed by atoms with van der Waals surface area (Å²) in [4.78, 5) is 33.2. The Hall–Kier alpha value is -4.16. The molecule has 4 aliphatic carbocycles. The van der Waals surface area contributed by atoms with Gasteiger partial charge in [0.05, 0.1) is 23.3 Å². The molecule has 44 heavy (non-hydrogen) atoms. The van der Waals surface area contributed by atoms with E-state index >= 15 is 0 Å². The largest absolute Gasteiger partial charge is 0.369 e. The Labute approximate surface area is 259 Å². The molecule has 3 aromatic rings. The highest BCUT2D eigenvalue weighted by Gasteiger charge is 2.57. The standard InChI is InChI=1S/C35H40N8O/c1-23-4-3-5-31(30(23)20-36)42-22-27-21-37-33(38-28-6-8-29(9-7-28)41-12-10-40(2)11-13-41)39-32(27)43(34(42)44)35-17-24-14-25(18-35)16-26(15-24)19-35/h3-9,21,24-26H,10-19,22H2,1-2H3,(H,37,38,39). The van der Waals surface area contributed by atoms with Crippen molar-refractivity contribution in [3.63, 3.8) is 0 Å². The van der Waals surface area contributed by atoms with E-state index in [0.29, 0.717) is 41.5 Å². The van der Waals surface area contributed by atoms with Crippen LogP contribution in [0.3, 0.4) is 0 Å². The smallest absolute Gasteiger partial charge is 0.331 e. The number of hydrogen-bond donors (Lipinski definition) is 1. The summed E-state index contributed by atoms with van der Waals surface area (Å²) >= 11 is 0. The van der Waals surface area contributed by atoms with Gasteiger partial charge in [-0.1, -0.05) is 12.1 Å². The summed E-state index contributed by atoms with van der Waals surface area (Å²) < 4.78 is 0. The van der Waals surface area contributed by atoms with E-state index < -0.39 is 0 Å². The molecular weight excluding hydrogens is 548 g/mol. The summed E-state index contributed by atoms with van der Waals surface area (Å²) in [5.41, 5.74) is 4.91. The minimum atomic E-state index is -0.244. The maximum absolute atomic E-state index is 14.7. The first-order chi connectivity index (χ1) is 21.4. The van der Waals surface area contributed by atoms with Crippen molar-refractivity contribution in [3.05, 3.63) is 65.4 Å². The lowest BCUT2D eigenvalue weighted by molar-refractivity contribution is -0.000907. The summed E-state index contributed by atoms with van der Waals surface area (Å²) in [7, 11) is 2.17. The van der Waals surface area contributed by atoms with Gasteiger partial charge >= 0.3 is 6.03 Å². The summed E-state index contributed by atoms with van der Waals surface area (Å²) in [5.74, 6) is 3.23. The van der Waals surface area contributed by atoms with Gasteiger partial charge in [0, 0.05) is 49.3 Å². The molecule has 9 nitrogen and oxygen atoms in total. The number of hydrogen-bond acceptors (Lipinski definition) is 7. The number of anilines is 5. The molecule has 226 valence electrons. The van der Waals surface area contributed by atoms with Gasteiger partial charge < -0.3 is 15.1 Å². The molecule has 2 amide bonds. The zero-order valence-corrected chi connectivity index (χ0v) is 25.7. The fourth-order valence-electron chi connectivity index (χ4n) is 9.14. The quantitative estimate of drug-likeness (QED) is 0.387. The van der Waals surface area contributed by atoms with E-state index in [-0.39, 0.29) is 11.6 Å². The van der Waals surface area contributed by atoms with Crippen molar-refractivity contribution in [1.82, 2.24) is 14.9 Å². The first kappa shape index (κ1) is 27.4. The van der Waals surface area contributed by atoms with Crippen molar-refractivity contribution in [2.75, 3.05) is 53.2 Å². The van der Waals surface area contributed by atoms with Crippen LogP contribution in [-0.2, 0) is 6.54 Å². The number of benzene rings is 2. The van der Waals surface area contributed by atoms with Crippen LogP contribution in [0.1, 0.15) is 55.2 Å².